The Kier molecular flexibility index (Phi) is 6.98. The van der Waals surface area contributed by atoms with Gasteiger partial charge in [0.1, 0.15) is 0 Å². The minimum atomic E-state index is 1.24. The van der Waals surface area contributed by atoms with Crippen molar-refractivity contribution in [3.05, 3.63) is 206 Å². The first-order valence-electron chi connectivity index (χ1n) is 20.4. The fourth-order valence-corrected chi connectivity index (χ4v) is 11.5. The number of benzene rings is 12. The van der Waals surface area contributed by atoms with Gasteiger partial charge in [-0.1, -0.05) is 188 Å². The fourth-order valence-electron chi connectivity index (χ4n) is 10.4. The molecule has 13 aromatic rings. The van der Waals surface area contributed by atoms with Crippen LogP contribution in [0.5, 0.6) is 0 Å². The minimum absolute atomic E-state index is 1.24. The Morgan fingerprint density at radius 2 is 0.525 bits per heavy atom. The summed E-state index contributed by atoms with van der Waals surface area (Å²) in [5.74, 6) is 0. The molecule has 0 nitrogen and oxygen atoms in total. The molecule has 272 valence electrons. The van der Waals surface area contributed by atoms with Crippen LogP contribution in [0.2, 0.25) is 0 Å². The molecular weight excluding hydrogens is 729 g/mol. The van der Waals surface area contributed by atoms with Gasteiger partial charge in [-0.15, -0.1) is 11.3 Å². The summed E-state index contributed by atoms with van der Waals surface area (Å²) in [5, 5.41) is 20.7. The molecule has 13 rings (SSSR count). The Hall–Kier alpha value is -7.32. The zero-order valence-corrected chi connectivity index (χ0v) is 32.9. The molecule has 0 bridgehead atoms. The maximum Gasteiger partial charge on any atom is 0.0362 e. The second-order valence-electron chi connectivity index (χ2n) is 15.8. The van der Waals surface area contributed by atoms with Crippen LogP contribution in [0.4, 0.5) is 0 Å². The van der Waals surface area contributed by atoms with Gasteiger partial charge in [-0.3, -0.25) is 0 Å². The highest BCUT2D eigenvalue weighted by atomic mass is 32.1. The summed E-state index contributed by atoms with van der Waals surface area (Å²) in [6.07, 6.45) is 0. The van der Waals surface area contributed by atoms with Crippen molar-refractivity contribution < 1.29 is 0 Å². The highest BCUT2D eigenvalue weighted by Gasteiger charge is 2.23. The van der Waals surface area contributed by atoms with E-state index in [2.05, 4.69) is 206 Å². The third-order valence-corrected chi connectivity index (χ3v) is 13.9. The van der Waals surface area contributed by atoms with E-state index < -0.39 is 0 Å². The van der Waals surface area contributed by atoms with Crippen LogP contribution in [-0.2, 0) is 0 Å². The molecule has 0 atom stereocenters. The van der Waals surface area contributed by atoms with Gasteiger partial charge in [-0.05, 0) is 127 Å². The van der Waals surface area contributed by atoms with Gasteiger partial charge >= 0.3 is 0 Å². The molecule has 0 radical (unpaired) electrons. The summed E-state index contributed by atoms with van der Waals surface area (Å²) in [7, 11) is 0. The lowest BCUT2D eigenvalue weighted by Crippen LogP contribution is -1.94. The van der Waals surface area contributed by atoms with Gasteiger partial charge in [0.2, 0.25) is 0 Å². The summed E-state index contributed by atoms with van der Waals surface area (Å²) in [6, 6.07) is 76.9. The van der Waals surface area contributed by atoms with E-state index in [1.54, 1.807) is 0 Å². The quantitative estimate of drug-likeness (QED) is 0.124. The molecule has 59 heavy (non-hydrogen) atoms. The van der Waals surface area contributed by atoms with Gasteiger partial charge < -0.3 is 0 Å². The lowest BCUT2D eigenvalue weighted by molar-refractivity contribution is 1.67. The number of hydrogen-bond donors (Lipinski definition) is 0. The minimum Gasteiger partial charge on any atom is -0.135 e. The number of fused-ring (bicyclic) bond motifs is 13. The van der Waals surface area contributed by atoms with E-state index in [0.29, 0.717) is 0 Å². The Morgan fingerprint density at radius 1 is 0.186 bits per heavy atom. The van der Waals surface area contributed by atoms with E-state index in [0.717, 1.165) is 0 Å². The van der Waals surface area contributed by atoms with Crippen LogP contribution < -0.4 is 0 Å². The second kappa shape index (κ2) is 12.6. The molecule has 0 amide bonds. The van der Waals surface area contributed by atoms with E-state index >= 15 is 0 Å². The molecule has 0 aliphatic carbocycles. The largest absolute Gasteiger partial charge is 0.135 e. The SMILES string of the molecule is c1ccc(-c2c3ccccc3c(-c3c4ccccc4c(-c4ccc5c(c4)sc4cc6c7ccccc7c7ccccc7c6cc45)c4ccccc34)c3ccccc23)cc1. The molecule has 0 saturated carbocycles. The Bertz CT molecular complexity index is 3770. The summed E-state index contributed by atoms with van der Waals surface area (Å²) in [4.78, 5) is 0. The first-order chi connectivity index (χ1) is 29.3. The summed E-state index contributed by atoms with van der Waals surface area (Å²) >= 11 is 1.91. The number of thiophene rings is 1. The van der Waals surface area contributed by atoms with Gasteiger partial charge in [0, 0.05) is 20.2 Å². The van der Waals surface area contributed by atoms with Crippen molar-refractivity contribution in [2.75, 3.05) is 0 Å². The van der Waals surface area contributed by atoms with Crippen LogP contribution in [0.3, 0.4) is 0 Å². The lowest BCUT2D eigenvalue weighted by Gasteiger charge is -2.22. The fraction of sp³-hybridized carbons (Fsp3) is 0. The van der Waals surface area contributed by atoms with E-state index in [4.69, 9.17) is 0 Å². The van der Waals surface area contributed by atoms with Crippen molar-refractivity contribution >= 4 is 107 Å². The highest BCUT2D eigenvalue weighted by molar-refractivity contribution is 7.26. The van der Waals surface area contributed by atoms with E-state index in [-0.39, 0.29) is 0 Å². The Labute approximate surface area is 344 Å². The molecule has 0 unspecified atom stereocenters. The van der Waals surface area contributed by atoms with E-state index in [1.807, 2.05) is 11.3 Å². The third-order valence-electron chi connectivity index (χ3n) is 12.8. The molecule has 1 heteroatoms. The van der Waals surface area contributed by atoms with Gasteiger partial charge in [0.25, 0.3) is 0 Å². The zero-order chi connectivity index (χ0) is 38.6. The summed E-state index contributed by atoms with van der Waals surface area (Å²) in [5.41, 5.74) is 7.65. The lowest BCUT2D eigenvalue weighted by atomic mass is 9.81. The average Bonchev–Trinajstić information content (AvgIpc) is 3.66. The molecule has 0 aliphatic heterocycles. The van der Waals surface area contributed by atoms with Crippen LogP contribution in [0.1, 0.15) is 0 Å². The predicted molar refractivity (Wildman–Crippen MR) is 258 cm³/mol. The standard InChI is InChI=1S/C58H34S/c1-2-16-35(17-3-1)55-42-22-8-12-26-46(42)57(47-27-13-9-23-43(47)55)58-48-28-14-10-24-44(48)56(45-25-11-15-29-49(45)58)36-30-31-41-52-33-50-39-20-6-4-18-37(39)38-19-5-7-21-40(38)51(50)34-54(52)59-53(41)32-36/h1-34H. The summed E-state index contributed by atoms with van der Waals surface area (Å²) in [6.45, 7) is 0. The summed E-state index contributed by atoms with van der Waals surface area (Å²) < 4.78 is 2.64. The number of rotatable bonds is 3. The molecule has 0 spiro atoms. The van der Waals surface area contributed by atoms with Crippen LogP contribution in [0, 0.1) is 0 Å². The van der Waals surface area contributed by atoms with Gasteiger partial charge in [0.15, 0.2) is 0 Å². The van der Waals surface area contributed by atoms with Crippen molar-refractivity contribution in [1.82, 2.24) is 0 Å². The highest BCUT2D eigenvalue weighted by Crippen LogP contribution is 2.51. The molecule has 0 N–H and O–H groups in total. The van der Waals surface area contributed by atoms with E-state index in [9.17, 15) is 0 Å². The first kappa shape index (κ1) is 32.7. The van der Waals surface area contributed by atoms with Gasteiger partial charge in [-0.2, -0.15) is 0 Å². The zero-order valence-electron chi connectivity index (χ0n) is 32.0. The van der Waals surface area contributed by atoms with Crippen LogP contribution in [0.25, 0.3) is 129 Å². The average molecular weight is 763 g/mol. The maximum absolute atomic E-state index is 2.45. The Balaban J connectivity index is 1.09. The number of hydrogen-bond acceptors (Lipinski definition) is 1. The maximum atomic E-state index is 2.45. The molecule has 0 saturated heterocycles. The van der Waals surface area contributed by atoms with Crippen LogP contribution in [0.15, 0.2) is 206 Å². The molecule has 1 aromatic heterocycles. The van der Waals surface area contributed by atoms with Crippen molar-refractivity contribution in [2.45, 2.75) is 0 Å². The normalized spacial score (nSPS) is 12.1. The van der Waals surface area contributed by atoms with Crippen molar-refractivity contribution in [1.29, 1.82) is 0 Å². The molecule has 1 heterocycles. The Morgan fingerprint density at radius 3 is 0.983 bits per heavy atom. The van der Waals surface area contributed by atoms with E-state index in [1.165, 1.54) is 129 Å². The second-order valence-corrected chi connectivity index (χ2v) is 16.9. The van der Waals surface area contributed by atoms with Gasteiger partial charge in [-0.25, -0.2) is 0 Å². The topological polar surface area (TPSA) is 0 Å². The molecular formula is C58H34S. The first-order valence-corrected chi connectivity index (χ1v) is 21.2. The third kappa shape index (κ3) is 4.71. The van der Waals surface area contributed by atoms with Crippen molar-refractivity contribution in [2.24, 2.45) is 0 Å². The smallest absolute Gasteiger partial charge is 0.0362 e. The predicted octanol–water partition coefficient (Wildman–Crippen LogP) is 17.1. The van der Waals surface area contributed by atoms with Crippen molar-refractivity contribution in [3.63, 3.8) is 0 Å². The van der Waals surface area contributed by atoms with Gasteiger partial charge in [0.05, 0.1) is 0 Å². The van der Waals surface area contributed by atoms with Crippen LogP contribution >= 0.6 is 11.3 Å². The van der Waals surface area contributed by atoms with Crippen molar-refractivity contribution in [3.8, 4) is 33.4 Å². The monoisotopic (exact) mass is 762 g/mol. The molecule has 12 aromatic carbocycles. The van der Waals surface area contributed by atoms with Crippen LogP contribution in [-0.4, -0.2) is 0 Å². The molecule has 0 aliphatic rings. The molecule has 0 fully saturated rings.